The van der Waals surface area contributed by atoms with Crippen LogP contribution in [0.1, 0.15) is 11.1 Å². The molecule has 0 aliphatic carbocycles. The van der Waals surface area contributed by atoms with Gasteiger partial charge >= 0.3 is 0 Å². The molecule has 4 rings (SSSR count). The lowest BCUT2D eigenvalue weighted by molar-refractivity contribution is -0.115. The number of H-pyrrole nitrogens is 1. The molecule has 0 spiro atoms. The van der Waals surface area contributed by atoms with Crippen molar-refractivity contribution in [1.82, 2.24) is 15.0 Å². The zero-order chi connectivity index (χ0) is 20.5. The van der Waals surface area contributed by atoms with Crippen molar-refractivity contribution in [3.05, 3.63) is 76.4 Å². The van der Waals surface area contributed by atoms with Crippen molar-refractivity contribution in [3.8, 4) is 11.4 Å². The Labute approximate surface area is 169 Å². The van der Waals surface area contributed by atoms with Crippen molar-refractivity contribution in [3.63, 3.8) is 0 Å². The third-order valence-corrected chi connectivity index (χ3v) is 4.69. The average molecular weight is 413 g/mol. The standard InChI is InChI=1S/C21H15ClF2N4O/c1-11-7-17-21(25-10-11)28-20(27-17)14-9-13(5-6-15(14)22)26-18(29)8-12-3-2-4-16(23)19(12)24/h2-7,9-10H,8H2,1H3,(H,26,29)(H,25,27,28). The number of amides is 1. The van der Waals surface area contributed by atoms with Crippen LogP contribution in [0.3, 0.4) is 0 Å². The zero-order valence-electron chi connectivity index (χ0n) is 15.3. The van der Waals surface area contributed by atoms with Gasteiger partial charge < -0.3 is 10.3 Å². The molecule has 29 heavy (non-hydrogen) atoms. The number of aryl methyl sites for hydroxylation is 1. The fraction of sp³-hybridized carbons (Fsp3) is 0.0952. The van der Waals surface area contributed by atoms with Crippen LogP contribution in [0.15, 0.2) is 48.7 Å². The minimum Gasteiger partial charge on any atom is -0.337 e. The molecule has 2 aromatic heterocycles. The van der Waals surface area contributed by atoms with Gasteiger partial charge in [0.2, 0.25) is 5.91 Å². The van der Waals surface area contributed by atoms with Gasteiger partial charge in [0.05, 0.1) is 17.0 Å². The molecule has 2 aromatic carbocycles. The van der Waals surface area contributed by atoms with Gasteiger partial charge in [-0.15, -0.1) is 0 Å². The van der Waals surface area contributed by atoms with Crippen LogP contribution in [0.4, 0.5) is 14.5 Å². The number of aromatic nitrogens is 3. The van der Waals surface area contributed by atoms with E-state index in [9.17, 15) is 13.6 Å². The number of rotatable bonds is 4. The van der Waals surface area contributed by atoms with E-state index in [-0.39, 0.29) is 12.0 Å². The molecule has 0 atom stereocenters. The third-order valence-electron chi connectivity index (χ3n) is 4.36. The molecule has 0 unspecified atom stereocenters. The summed E-state index contributed by atoms with van der Waals surface area (Å²) in [6.45, 7) is 1.93. The number of aromatic amines is 1. The predicted molar refractivity (Wildman–Crippen MR) is 108 cm³/mol. The number of hydrogen-bond donors (Lipinski definition) is 2. The SMILES string of the molecule is Cc1cnc2nc(-c3cc(NC(=O)Cc4cccc(F)c4F)ccc3Cl)[nH]c2c1. The fourth-order valence-corrected chi connectivity index (χ4v) is 3.19. The lowest BCUT2D eigenvalue weighted by Crippen LogP contribution is -2.15. The molecule has 2 heterocycles. The summed E-state index contributed by atoms with van der Waals surface area (Å²) in [5.74, 6) is -1.98. The van der Waals surface area contributed by atoms with E-state index in [0.29, 0.717) is 27.7 Å². The van der Waals surface area contributed by atoms with Crippen molar-refractivity contribution >= 4 is 34.4 Å². The number of hydrogen-bond acceptors (Lipinski definition) is 3. The molecule has 5 nitrogen and oxygen atoms in total. The van der Waals surface area contributed by atoms with E-state index < -0.39 is 17.5 Å². The summed E-state index contributed by atoms with van der Waals surface area (Å²) >= 11 is 6.31. The lowest BCUT2D eigenvalue weighted by Gasteiger charge is -2.09. The van der Waals surface area contributed by atoms with Crippen LogP contribution in [0.25, 0.3) is 22.6 Å². The topological polar surface area (TPSA) is 70.7 Å². The fourth-order valence-electron chi connectivity index (χ4n) is 2.98. The van der Waals surface area contributed by atoms with Crippen LogP contribution in [0, 0.1) is 18.6 Å². The first-order chi connectivity index (χ1) is 13.9. The van der Waals surface area contributed by atoms with Crippen molar-refractivity contribution < 1.29 is 13.6 Å². The minimum absolute atomic E-state index is 0.0181. The van der Waals surface area contributed by atoms with E-state index in [1.165, 1.54) is 12.1 Å². The molecule has 0 fully saturated rings. The number of halogens is 3. The molecule has 0 saturated carbocycles. The Morgan fingerprint density at radius 2 is 2.03 bits per heavy atom. The Kier molecular flexibility index (Phi) is 4.98. The van der Waals surface area contributed by atoms with E-state index in [0.717, 1.165) is 17.1 Å². The van der Waals surface area contributed by atoms with Gasteiger partial charge in [0.15, 0.2) is 17.3 Å². The molecular weight excluding hydrogens is 398 g/mol. The molecule has 0 aliphatic heterocycles. The highest BCUT2D eigenvalue weighted by atomic mass is 35.5. The Morgan fingerprint density at radius 1 is 1.21 bits per heavy atom. The van der Waals surface area contributed by atoms with E-state index >= 15 is 0 Å². The summed E-state index contributed by atoms with van der Waals surface area (Å²) in [6, 6.07) is 10.6. The molecule has 0 bridgehead atoms. The van der Waals surface area contributed by atoms with Crippen LogP contribution < -0.4 is 5.32 Å². The van der Waals surface area contributed by atoms with Crippen LogP contribution in [-0.4, -0.2) is 20.9 Å². The highest BCUT2D eigenvalue weighted by molar-refractivity contribution is 6.33. The smallest absolute Gasteiger partial charge is 0.228 e. The van der Waals surface area contributed by atoms with Gasteiger partial charge in [-0.05, 0) is 42.8 Å². The average Bonchev–Trinajstić information content (AvgIpc) is 3.10. The van der Waals surface area contributed by atoms with Gasteiger partial charge in [0, 0.05) is 23.0 Å². The maximum atomic E-state index is 13.8. The van der Waals surface area contributed by atoms with E-state index in [2.05, 4.69) is 20.3 Å². The summed E-state index contributed by atoms with van der Waals surface area (Å²) < 4.78 is 27.1. The third kappa shape index (κ3) is 3.95. The number of fused-ring (bicyclic) bond motifs is 1. The Morgan fingerprint density at radius 3 is 2.86 bits per heavy atom. The van der Waals surface area contributed by atoms with Gasteiger partial charge in [-0.2, -0.15) is 0 Å². The minimum atomic E-state index is -1.02. The van der Waals surface area contributed by atoms with Gasteiger partial charge in [-0.1, -0.05) is 23.7 Å². The summed E-state index contributed by atoms with van der Waals surface area (Å²) in [5.41, 5.74) is 3.33. The number of pyridine rings is 1. The number of imidazole rings is 1. The quantitative estimate of drug-likeness (QED) is 0.493. The molecule has 4 aromatic rings. The second-order valence-electron chi connectivity index (χ2n) is 6.60. The largest absolute Gasteiger partial charge is 0.337 e. The van der Waals surface area contributed by atoms with Crippen molar-refractivity contribution in [2.75, 3.05) is 5.32 Å². The second kappa shape index (κ2) is 7.60. The summed E-state index contributed by atoms with van der Waals surface area (Å²) in [7, 11) is 0. The zero-order valence-corrected chi connectivity index (χ0v) is 16.0. The number of benzene rings is 2. The highest BCUT2D eigenvalue weighted by Crippen LogP contribution is 2.30. The highest BCUT2D eigenvalue weighted by Gasteiger charge is 2.14. The maximum absolute atomic E-state index is 13.8. The second-order valence-corrected chi connectivity index (χ2v) is 7.01. The van der Waals surface area contributed by atoms with Crippen LogP contribution in [-0.2, 0) is 11.2 Å². The molecular formula is C21H15ClF2N4O. The Balaban J connectivity index is 1.59. The first-order valence-corrected chi connectivity index (χ1v) is 9.13. The molecule has 0 aliphatic rings. The van der Waals surface area contributed by atoms with Gasteiger partial charge in [0.1, 0.15) is 5.82 Å². The number of nitrogens with zero attached hydrogens (tertiary/aromatic N) is 2. The van der Waals surface area contributed by atoms with Crippen LogP contribution in [0.5, 0.6) is 0 Å². The first kappa shape index (κ1) is 19.0. The van der Waals surface area contributed by atoms with Crippen LogP contribution >= 0.6 is 11.6 Å². The number of nitrogens with one attached hydrogen (secondary N) is 2. The lowest BCUT2D eigenvalue weighted by atomic mass is 10.1. The van der Waals surface area contributed by atoms with E-state index in [1.54, 1.807) is 24.4 Å². The van der Waals surface area contributed by atoms with Gasteiger partial charge in [-0.25, -0.2) is 18.7 Å². The van der Waals surface area contributed by atoms with Crippen molar-refractivity contribution in [2.24, 2.45) is 0 Å². The van der Waals surface area contributed by atoms with Crippen molar-refractivity contribution in [1.29, 1.82) is 0 Å². The maximum Gasteiger partial charge on any atom is 0.228 e. The Bertz CT molecular complexity index is 1240. The van der Waals surface area contributed by atoms with Gasteiger partial charge in [0.25, 0.3) is 0 Å². The molecule has 8 heteroatoms. The molecule has 0 radical (unpaired) electrons. The van der Waals surface area contributed by atoms with E-state index in [1.807, 2.05) is 13.0 Å². The Hall–Kier alpha value is -3.32. The van der Waals surface area contributed by atoms with Gasteiger partial charge in [-0.3, -0.25) is 4.79 Å². The number of anilines is 1. The molecule has 1 amide bonds. The first-order valence-electron chi connectivity index (χ1n) is 8.76. The normalized spacial score (nSPS) is 11.0. The predicted octanol–water partition coefficient (Wildman–Crippen LogP) is 5.05. The summed E-state index contributed by atoms with van der Waals surface area (Å²) in [4.78, 5) is 24.2. The monoisotopic (exact) mass is 412 g/mol. The number of carbonyl (C=O) groups excluding carboxylic acids is 1. The summed E-state index contributed by atoms with van der Waals surface area (Å²) in [5, 5.41) is 3.11. The number of carbonyl (C=O) groups is 1. The molecule has 0 saturated heterocycles. The van der Waals surface area contributed by atoms with Crippen molar-refractivity contribution in [2.45, 2.75) is 13.3 Å². The molecule has 146 valence electrons. The summed E-state index contributed by atoms with van der Waals surface area (Å²) in [6.07, 6.45) is 1.42. The van der Waals surface area contributed by atoms with E-state index in [4.69, 9.17) is 11.6 Å². The molecule has 2 N–H and O–H groups in total. The van der Waals surface area contributed by atoms with Crippen LogP contribution in [0.2, 0.25) is 5.02 Å².